The van der Waals surface area contributed by atoms with Crippen LogP contribution in [0.15, 0.2) is 42.5 Å². The second-order valence-electron chi connectivity index (χ2n) is 4.45. The Labute approximate surface area is 121 Å². The van der Waals surface area contributed by atoms with Gasteiger partial charge in [0.05, 0.1) is 23.2 Å². The van der Waals surface area contributed by atoms with Crippen molar-refractivity contribution >= 4 is 17.1 Å². The van der Waals surface area contributed by atoms with Crippen molar-refractivity contribution in [2.45, 2.75) is 6.61 Å². The number of nitro groups is 1. The summed E-state index contributed by atoms with van der Waals surface area (Å²) in [7, 11) is 1.79. The Morgan fingerprint density at radius 3 is 2.48 bits per heavy atom. The molecule has 0 aliphatic carbocycles. The Kier molecular flexibility index (Phi) is 4.16. The molecule has 0 aliphatic heterocycles. The van der Waals surface area contributed by atoms with Gasteiger partial charge in [0.25, 0.3) is 5.69 Å². The van der Waals surface area contributed by atoms with Gasteiger partial charge < -0.3 is 10.0 Å². The molecule has 6 nitrogen and oxygen atoms in total. The quantitative estimate of drug-likeness (QED) is 0.688. The lowest BCUT2D eigenvalue weighted by atomic mass is 10.1. The average molecular weight is 283 g/mol. The monoisotopic (exact) mass is 283 g/mol. The largest absolute Gasteiger partial charge is 0.392 e. The van der Waals surface area contributed by atoms with E-state index in [-0.39, 0.29) is 12.3 Å². The highest BCUT2D eigenvalue weighted by atomic mass is 16.6. The highest BCUT2D eigenvalue weighted by Gasteiger charge is 2.14. The smallest absolute Gasteiger partial charge is 0.269 e. The number of rotatable bonds is 4. The third-order valence-electron chi connectivity index (χ3n) is 3.19. The molecule has 106 valence electrons. The summed E-state index contributed by atoms with van der Waals surface area (Å²) in [6, 6.07) is 13.3. The van der Waals surface area contributed by atoms with Crippen LogP contribution in [0.5, 0.6) is 0 Å². The summed E-state index contributed by atoms with van der Waals surface area (Å²) in [5.74, 6) is 0. The molecule has 6 heteroatoms. The molecular weight excluding hydrogens is 270 g/mol. The number of aliphatic hydroxyl groups excluding tert-OH is 1. The maximum atomic E-state index is 10.8. The zero-order valence-electron chi connectivity index (χ0n) is 11.4. The van der Waals surface area contributed by atoms with Gasteiger partial charge in [0.15, 0.2) is 0 Å². The van der Waals surface area contributed by atoms with Crippen LogP contribution in [0.2, 0.25) is 0 Å². The van der Waals surface area contributed by atoms with E-state index in [1.54, 1.807) is 42.3 Å². The molecule has 2 rings (SSSR count). The zero-order valence-corrected chi connectivity index (χ0v) is 11.4. The number of aliphatic hydroxyl groups is 1. The molecule has 0 fully saturated rings. The molecule has 0 saturated carbocycles. The van der Waals surface area contributed by atoms with Crippen molar-refractivity contribution in [3.8, 4) is 6.07 Å². The summed E-state index contributed by atoms with van der Waals surface area (Å²) >= 11 is 0. The van der Waals surface area contributed by atoms with Crippen LogP contribution in [0.4, 0.5) is 17.1 Å². The van der Waals surface area contributed by atoms with E-state index < -0.39 is 4.92 Å². The van der Waals surface area contributed by atoms with Gasteiger partial charge in [-0.25, -0.2) is 0 Å². The number of hydrogen-bond donors (Lipinski definition) is 1. The molecular formula is C15H13N3O3. The fourth-order valence-electron chi connectivity index (χ4n) is 2.04. The predicted octanol–water partition coefficient (Wildman–Crippen LogP) is 2.73. The number of nitriles is 1. The zero-order chi connectivity index (χ0) is 15.4. The number of benzene rings is 2. The summed E-state index contributed by atoms with van der Waals surface area (Å²) in [6.45, 7) is -0.294. The Morgan fingerprint density at radius 2 is 1.95 bits per heavy atom. The summed E-state index contributed by atoms with van der Waals surface area (Å²) in [4.78, 5) is 12.1. The third kappa shape index (κ3) is 2.99. The molecule has 0 spiro atoms. The molecule has 0 atom stereocenters. The molecule has 0 aliphatic rings. The van der Waals surface area contributed by atoms with E-state index in [2.05, 4.69) is 0 Å². The van der Waals surface area contributed by atoms with Crippen molar-refractivity contribution in [1.82, 2.24) is 0 Å². The Hall–Kier alpha value is -2.91. The maximum Gasteiger partial charge on any atom is 0.269 e. The summed E-state index contributed by atoms with van der Waals surface area (Å²) in [6.07, 6.45) is 0. The highest BCUT2D eigenvalue weighted by molar-refractivity contribution is 5.67. The number of hydrogen-bond acceptors (Lipinski definition) is 5. The van der Waals surface area contributed by atoms with Crippen molar-refractivity contribution in [2.24, 2.45) is 0 Å². The van der Waals surface area contributed by atoms with Crippen molar-refractivity contribution in [2.75, 3.05) is 11.9 Å². The first-order valence-electron chi connectivity index (χ1n) is 6.19. The molecule has 21 heavy (non-hydrogen) atoms. The van der Waals surface area contributed by atoms with Crippen molar-refractivity contribution < 1.29 is 10.0 Å². The van der Waals surface area contributed by atoms with Gasteiger partial charge in [0, 0.05) is 36.1 Å². The standard InChI is InChI=1S/C15H13N3O3/c1-17(13-4-2-11(9-16)3-5-13)15-7-6-14(18(20)21)8-12(15)10-19/h2-8,19H,10H2,1H3. The Morgan fingerprint density at radius 1 is 1.29 bits per heavy atom. The van der Waals surface area contributed by atoms with Gasteiger partial charge in [-0.15, -0.1) is 0 Å². The van der Waals surface area contributed by atoms with Crippen LogP contribution in [0, 0.1) is 21.4 Å². The fraction of sp³-hybridized carbons (Fsp3) is 0.133. The highest BCUT2D eigenvalue weighted by Crippen LogP contribution is 2.30. The van der Waals surface area contributed by atoms with Crippen LogP contribution in [0.25, 0.3) is 0 Å². The second-order valence-corrected chi connectivity index (χ2v) is 4.45. The molecule has 0 aromatic heterocycles. The minimum absolute atomic E-state index is 0.0592. The van der Waals surface area contributed by atoms with Gasteiger partial charge in [-0.1, -0.05) is 0 Å². The third-order valence-corrected chi connectivity index (χ3v) is 3.19. The topological polar surface area (TPSA) is 90.4 Å². The molecule has 0 saturated heterocycles. The minimum Gasteiger partial charge on any atom is -0.392 e. The summed E-state index contributed by atoms with van der Waals surface area (Å²) in [5, 5.41) is 29.0. The lowest BCUT2D eigenvalue weighted by Crippen LogP contribution is -2.12. The van der Waals surface area contributed by atoms with Crippen LogP contribution >= 0.6 is 0 Å². The van der Waals surface area contributed by atoms with E-state index in [1.165, 1.54) is 12.1 Å². The normalized spacial score (nSPS) is 9.95. The molecule has 0 bridgehead atoms. The molecule has 2 aromatic carbocycles. The van der Waals surface area contributed by atoms with E-state index in [1.807, 2.05) is 6.07 Å². The molecule has 0 unspecified atom stereocenters. The Bertz CT molecular complexity index is 705. The van der Waals surface area contributed by atoms with Crippen LogP contribution in [-0.4, -0.2) is 17.1 Å². The van der Waals surface area contributed by atoms with Crippen LogP contribution in [0.1, 0.15) is 11.1 Å². The van der Waals surface area contributed by atoms with E-state index >= 15 is 0 Å². The SMILES string of the molecule is CN(c1ccc(C#N)cc1)c1ccc([N+](=O)[O-])cc1CO. The van der Waals surface area contributed by atoms with Crippen molar-refractivity contribution in [1.29, 1.82) is 5.26 Å². The first kappa shape index (κ1) is 14.5. The molecule has 0 heterocycles. The van der Waals surface area contributed by atoms with Crippen LogP contribution in [0.3, 0.4) is 0 Å². The van der Waals surface area contributed by atoms with Gasteiger partial charge in [-0.05, 0) is 30.3 Å². The number of anilines is 2. The average Bonchev–Trinajstić information content (AvgIpc) is 2.53. The number of non-ortho nitro benzene ring substituents is 1. The summed E-state index contributed by atoms with van der Waals surface area (Å²) < 4.78 is 0. The lowest BCUT2D eigenvalue weighted by Gasteiger charge is -2.22. The molecule has 1 N–H and O–H groups in total. The lowest BCUT2D eigenvalue weighted by molar-refractivity contribution is -0.384. The van der Waals surface area contributed by atoms with E-state index in [0.717, 1.165) is 5.69 Å². The van der Waals surface area contributed by atoms with Gasteiger partial charge in [-0.3, -0.25) is 10.1 Å². The van der Waals surface area contributed by atoms with E-state index in [4.69, 9.17) is 5.26 Å². The predicted molar refractivity (Wildman–Crippen MR) is 78.2 cm³/mol. The van der Waals surface area contributed by atoms with Crippen LogP contribution < -0.4 is 4.90 Å². The van der Waals surface area contributed by atoms with Gasteiger partial charge in [0.1, 0.15) is 0 Å². The van der Waals surface area contributed by atoms with E-state index in [9.17, 15) is 15.2 Å². The fourth-order valence-corrected chi connectivity index (χ4v) is 2.04. The summed E-state index contributed by atoms with van der Waals surface area (Å²) in [5.41, 5.74) is 2.45. The number of nitrogens with zero attached hydrogens (tertiary/aromatic N) is 3. The van der Waals surface area contributed by atoms with Gasteiger partial charge in [-0.2, -0.15) is 5.26 Å². The maximum absolute atomic E-state index is 10.8. The van der Waals surface area contributed by atoms with Crippen LogP contribution in [-0.2, 0) is 6.61 Å². The second kappa shape index (κ2) is 6.03. The molecule has 2 aromatic rings. The van der Waals surface area contributed by atoms with Crippen molar-refractivity contribution in [3.05, 3.63) is 63.7 Å². The minimum atomic E-state index is -0.495. The number of nitro benzene ring substituents is 1. The molecule has 0 amide bonds. The van der Waals surface area contributed by atoms with Gasteiger partial charge >= 0.3 is 0 Å². The van der Waals surface area contributed by atoms with E-state index in [0.29, 0.717) is 16.8 Å². The van der Waals surface area contributed by atoms with Gasteiger partial charge in [0.2, 0.25) is 0 Å². The Balaban J connectivity index is 2.40. The molecule has 0 radical (unpaired) electrons. The van der Waals surface area contributed by atoms with Crippen molar-refractivity contribution in [3.63, 3.8) is 0 Å². The first-order valence-corrected chi connectivity index (χ1v) is 6.19. The first-order chi connectivity index (χ1) is 10.1.